The summed E-state index contributed by atoms with van der Waals surface area (Å²) in [5, 5.41) is 0. The lowest BCUT2D eigenvalue weighted by Crippen LogP contribution is -1.85. The smallest absolute Gasteiger partial charge is 0.0873 e. The molecular formula is C11H20O. The van der Waals surface area contributed by atoms with Crippen LogP contribution in [0.25, 0.3) is 0 Å². The van der Waals surface area contributed by atoms with Gasteiger partial charge in [-0.05, 0) is 25.7 Å². The van der Waals surface area contributed by atoms with Gasteiger partial charge in [0.05, 0.1) is 12.9 Å². The Morgan fingerprint density at radius 2 is 1.92 bits per heavy atom. The van der Waals surface area contributed by atoms with Crippen LogP contribution < -0.4 is 0 Å². The summed E-state index contributed by atoms with van der Waals surface area (Å²) < 4.78 is 5.00. The highest BCUT2D eigenvalue weighted by atomic mass is 16.5. The first-order valence-electron chi connectivity index (χ1n) is 4.79. The molecule has 0 aliphatic rings. The summed E-state index contributed by atoms with van der Waals surface area (Å²) in [6.45, 7) is 6.49. The van der Waals surface area contributed by atoms with Crippen molar-refractivity contribution in [3.05, 3.63) is 25.0 Å². The lowest BCUT2D eigenvalue weighted by atomic mass is 10.2. The Labute approximate surface area is 76.1 Å². The molecule has 70 valence electrons. The monoisotopic (exact) mass is 168 g/mol. The highest BCUT2D eigenvalue weighted by Crippen LogP contribution is 1.98. The Kier molecular flexibility index (Phi) is 9.66. The molecule has 0 aliphatic carbocycles. The van der Waals surface area contributed by atoms with Gasteiger partial charge in [0.2, 0.25) is 0 Å². The normalized spacial score (nSPS) is 10.4. The molecule has 1 heteroatoms. The largest absolute Gasteiger partial charge is 0.502 e. The molecule has 0 heterocycles. The minimum atomic E-state index is 0.811. The van der Waals surface area contributed by atoms with Gasteiger partial charge >= 0.3 is 0 Å². The number of allylic oxidation sites excluding steroid dienone is 2. The molecule has 0 amide bonds. The first-order valence-corrected chi connectivity index (χ1v) is 4.79. The zero-order valence-electron chi connectivity index (χ0n) is 8.09. The maximum Gasteiger partial charge on any atom is 0.0873 e. The van der Waals surface area contributed by atoms with Gasteiger partial charge in [-0.1, -0.05) is 32.1 Å². The van der Waals surface area contributed by atoms with Gasteiger partial charge in [-0.25, -0.2) is 0 Å². The van der Waals surface area contributed by atoms with E-state index in [1.165, 1.54) is 31.9 Å². The Bertz CT molecular complexity index is 116. The summed E-state index contributed by atoms with van der Waals surface area (Å²) in [6.07, 6.45) is 12.0. The molecular weight excluding hydrogens is 148 g/mol. The number of hydrogen-bond donors (Lipinski definition) is 0. The first-order chi connectivity index (χ1) is 5.91. The fourth-order valence-electron chi connectivity index (χ4n) is 0.933. The molecule has 0 N–H and O–H groups in total. The molecule has 0 aromatic heterocycles. The quantitative estimate of drug-likeness (QED) is 0.305. The molecule has 0 rings (SSSR count). The predicted molar refractivity (Wildman–Crippen MR) is 54.0 cm³/mol. The van der Waals surface area contributed by atoms with Crippen molar-refractivity contribution in [3.8, 4) is 0 Å². The van der Waals surface area contributed by atoms with E-state index in [0.717, 1.165) is 13.0 Å². The van der Waals surface area contributed by atoms with Crippen LogP contribution in [0.4, 0.5) is 0 Å². The second kappa shape index (κ2) is 10.3. The fourth-order valence-corrected chi connectivity index (χ4v) is 0.933. The molecule has 0 atom stereocenters. The fraction of sp³-hybridized carbons (Fsp3) is 0.636. The molecule has 0 saturated carbocycles. The molecule has 0 radical (unpaired) electrons. The van der Waals surface area contributed by atoms with Crippen LogP contribution in [0.2, 0.25) is 0 Å². The molecule has 0 bridgehead atoms. The van der Waals surface area contributed by atoms with Gasteiger partial charge in [-0.3, -0.25) is 0 Å². The second-order valence-electron chi connectivity index (χ2n) is 2.79. The Hall–Kier alpha value is -0.720. The highest BCUT2D eigenvalue weighted by Gasteiger charge is 1.84. The van der Waals surface area contributed by atoms with E-state index >= 15 is 0 Å². The van der Waals surface area contributed by atoms with Gasteiger partial charge in [0.15, 0.2) is 0 Å². The van der Waals surface area contributed by atoms with E-state index < -0.39 is 0 Å². The zero-order valence-corrected chi connectivity index (χ0v) is 8.09. The van der Waals surface area contributed by atoms with Crippen molar-refractivity contribution < 1.29 is 4.74 Å². The molecule has 0 aromatic carbocycles. The lowest BCUT2D eigenvalue weighted by Gasteiger charge is -1.97. The van der Waals surface area contributed by atoms with E-state index in [-0.39, 0.29) is 0 Å². The number of unbranched alkanes of at least 4 members (excludes halogenated alkanes) is 3. The molecule has 0 fully saturated rings. The number of rotatable bonds is 8. The third-order valence-electron chi connectivity index (χ3n) is 1.62. The zero-order chi connectivity index (χ0) is 9.07. The summed E-state index contributed by atoms with van der Waals surface area (Å²) in [6, 6.07) is 0. The third-order valence-corrected chi connectivity index (χ3v) is 1.62. The Morgan fingerprint density at radius 1 is 1.17 bits per heavy atom. The topological polar surface area (TPSA) is 9.23 Å². The van der Waals surface area contributed by atoms with Crippen LogP contribution in [0.15, 0.2) is 25.0 Å². The molecule has 0 unspecified atom stereocenters. The number of ether oxygens (including phenoxy) is 1. The van der Waals surface area contributed by atoms with E-state index in [1.54, 1.807) is 0 Å². The van der Waals surface area contributed by atoms with E-state index in [1.807, 2.05) is 0 Å². The summed E-state index contributed by atoms with van der Waals surface area (Å²) in [5.41, 5.74) is 0. The van der Waals surface area contributed by atoms with E-state index in [2.05, 4.69) is 25.7 Å². The van der Waals surface area contributed by atoms with Crippen LogP contribution in [0.1, 0.15) is 39.0 Å². The van der Waals surface area contributed by atoms with Crippen LogP contribution in [0.5, 0.6) is 0 Å². The van der Waals surface area contributed by atoms with Crippen molar-refractivity contribution in [3.63, 3.8) is 0 Å². The van der Waals surface area contributed by atoms with Crippen LogP contribution in [-0.4, -0.2) is 6.61 Å². The summed E-state index contributed by atoms with van der Waals surface area (Å²) in [4.78, 5) is 0. The van der Waals surface area contributed by atoms with Crippen LogP contribution in [0, 0.1) is 0 Å². The lowest BCUT2D eigenvalue weighted by molar-refractivity contribution is 0.243. The molecule has 0 saturated heterocycles. The molecule has 12 heavy (non-hydrogen) atoms. The minimum absolute atomic E-state index is 0.811. The number of hydrogen-bond acceptors (Lipinski definition) is 1. The highest BCUT2D eigenvalue weighted by molar-refractivity contribution is 4.80. The van der Waals surface area contributed by atoms with Gasteiger partial charge in [0, 0.05) is 0 Å². The first kappa shape index (κ1) is 11.3. The minimum Gasteiger partial charge on any atom is -0.502 e. The second-order valence-corrected chi connectivity index (χ2v) is 2.79. The average Bonchev–Trinajstić information content (AvgIpc) is 2.10. The van der Waals surface area contributed by atoms with Crippen LogP contribution in [0.3, 0.4) is 0 Å². The molecule has 0 aromatic rings. The van der Waals surface area contributed by atoms with Crippen molar-refractivity contribution in [2.24, 2.45) is 0 Å². The van der Waals surface area contributed by atoms with Crippen LogP contribution >= 0.6 is 0 Å². The maximum atomic E-state index is 5.00. The summed E-state index contributed by atoms with van der Waals surface area (Å²) >= 11 is 0. The van der Waals surface area contributed by atoms with E-state index in [9.17, 15) is 0 Å². The van der Waals surface area contributed by atoms with Crippen LogP contribution in [-0.2, 0) is 4.74 Å². The standard InChI is InChI=1S/C11H20O/c1-3-5-6-7-8-9-10-11-12-4-2/h4,6-7H,2-3,5,8-11H2,1H3. The van der Waals surface area contributed by atoms with Crippen molar-refractivity contribution in [1.82, 2.24) is 0 Å². The summed E-state index contributed by atoms with van der Waals surface area (Å²) in [7, 11) is 0. The van der Waals surface area contributed by atoms with Gasteiger partial charge in [0.25, 0.3) is 0 Å². The predicted octanol–water partition coefficient (Wildman–Crippen LogP) is 3.67. The van der Waals surface area contributed by atoms with Crippen molar-refractivity contribution in [2.75, 3.05) is 6.61 Å². The van der Waals surface area contributed by atoms with Gasteiger partial charge in [-0.15, -0.1) is 0 Å². The third kappa shape index (κ3) is 9.28. The van der Waals surface area contributed by atoms with Gasteiger partial charge < -0.3 is 4.74 Å². The van der Waals surface area contributed by atoms with Crippen molar-refractivity contribution in [2.45, 2.75) is 39.0 Å². The van der Waals surface area contributed by atoms with Gasteiger partial charge in [0.1, 0.15) is 0 Å². The molecule has 0 spiro atoms. The summed E-state index contributed by atoms with van der Waals surface area (Å²) in [5.74, 6) is 0. The van der Waals surface area contributed by atoms with E-state index in [4.69, 9.17) is 4.74 Å². The van der Waals surface area contributed by atoms with Crippen molar-refractivity contribution in [1.29, 1.82) is 0 Å². The SMILES string of the molecule is C=COCCCCC=CCCC. The Morgan fingerprint density at radius 3 is 2.58 bits per heavy atom. The average molecular weight is 168 g/mol. The maximum absolute atomic E-state index is 5.00. The molecule has 1 nitrogen and oxygen atoms in total. The van der Waals surface area contributed by atoms with Gasteiger partial charge in [-0.2, -0.15) is 0 Å². The molecule has 0 aliphatic heterocycles. The van der Waals surface area contributed by atoms with E-state index in [0.29, 0.717) is 0 Å². The Balaban J connectivity index is 2.94. The van der Waals surface area contributed by atoms with Crippen molar-refractivity contribution >= 4 is 0 Å².